The molecule has 1 unspecified atom stereocenters. The van der Waals surface area contributed by atoms with Gasteiger partial charge in [-0.3, -0.25) is 9.69 Å². The fraction of sp³-hybridized carbons (Fsp3) is 0.538. The Morgan fingerprint density at radius 1 is 1.42 bits per heavy atom. The molecule has 2 heterocycles. The van der Waals surface area contributed by atoms with Crippen molar-refractivity contribution in [3.05, 3.63) is 28.0 Å². The van der Waals surface area contributed by atoms with E-state index in [2.05, 4.69) is 23.7 Å². The minimum Gasteiger partial charge on any atom is -0.334 e. The van der Waals surface area contributed by atoms with Gasteiger partial charge in [0, 0.05) is 25.7 Å². The summed E-state index contributed by atoms with van der Waals surface area (Å²) < 4.78 is 0. The molecule has 6 heteroatoms. The number of amides is 1. The summed E-state index contributed by atoms with van der Waals surface area (Å²) in [6.45, 7) is 7.51. The summed E-state index contributed by atoms with van der Waals surface area (Å²) in [7, 11) is 0. The summed E-state index contributed by atoms with van der Waals surface area (Å²) in [5.74, 6) is -0.143. The molecule has 1 aliphatic rings. The standard InChI is InChI=1S/C13H17Cl2N3O/c1-3-17-6-7-18(8-9(17)2)13(19)12-10(14)4-5-11(15)16-12/h4-5,9H,3,6-8H2,1-2H3. The van der Waals surface area contributed by atoms with Crippen LogP contribution in [0.1, 0.15) is 24.3 Å². The van der Waals surface area contributed by atoms with Crippen molar-refractivity contribution in [1.82, 2.24) is 14.8 Å². The van der Waals surface area contributed by atoms with Crippen molar-refractivity contribution >= 4 is 29.1 Å². The number of hydrogen-bond donors (Lipinski definition) is 0. The van der Waals surface area contributed by atoms with Crippen LogP contribution in [0, 0.1) is 0 Å². The molecule has 0 aliphatic carbocycles. The SMILES string of the molecule is CCN1CCN(C(=O)c2nc(Cl)ccc2Cl)CC1C. The minimum atomic E-state index is -0.143. The molecule has 0 aromatic carbocycles. The fourth-order valence-corrected chi connectivity index (χ4v) is 2.70. The van der Waals surface area contributed by atoms with Gasteiger partial charge in [0.1, 0.15) is 10.8 Å². The second-order valence-electron chi connectivity index (χ2n) is 4.69. The molecule has 1 fully saturated rings. The molecule has 1 aromatic heterocycles. The Balaban J connectivity index is 2.14. The maximum Gasteiger partial charge on any atom is 0.274 e. The van der Waals surface area contributed by atoms with Gasteiger partial charge in [-0.05, 0) is 25.6 Å². The lowest BCUT2D eigenvalue weighted by atomic mass is 10.1. The molecule has 104 valence electrons. The van der Waals surface area contributed by atoms with E-state index in [9.17, 15) is 4.79 Å². The van der Waals surface area contributed by atoms with Crippen molar-refractivity contribution in [1.29, 1.82) is 0 Å². The van der Waals surface area contributed by atoms with Crippen LogP contribution in [0.2, 0.25) is 10.2 Å². The fourth-order valence-electron chi connectivity index (χ4n) is 2.37. The normalized spacial score (nSPS) is 20.6. The Bertz CT molecular complexity index is 481. The average Bonchev–Trinajstić information content (AvgIpc) is 2.40. The van der Waals surface area contributed by atoms with Crippen LogP contribution < -0.4 is 0 Å². The van der Waals surface area contributed by atoms with Gasteiger partial charge < -0.3 is 4.90 Å². The van der Waals surface area contributed by atoms with Gasteiger partial charge in [0.05, 0.1) is 5.02 Å². The van der Waals surface area contributed by atoms with Gasteiger partial charge >= 0.3 is 0 Å². The molecule has 0 saturated carbocycles. The van der Waals surface area contributed by atoms with E-state index in [-0.39, 0.29) is 16.8 Å². The monoisotopic (exact) mass is 301 g/mol. The Kier molecular flexibility index (Phi) is 4.66. The van der Waals surface area contributed by atoms with Gasteiger partial charge in [0.15, 0.2) is 0 Å². The van der Waals surface area contributed by atoms with Crippen LogP contribution >= 0.6 is 23.2 Å². The summed E-state index contributed by atoms with van der Waals surface area (Å²) >= 11 is 11.8. The third-order valence-electron chi connectivity index (χ3n) is 3.47. The van der Waals surface area contributed by atoms with E-state index in [4.69, 9.17) is 23.2 Å². The van der Waals surface area contributed by atoms with E-state index in [0.717, 1.165) is 13.1 Å². The number of piperazine rings is 1. The number of carbonyl (C=O) groups is 1. The molecule has 1 aliphatic heterocycles. The highest BCUT2D eigenvalue weighted by atomic mass is 35.5. The second-order valence-corrected chi connectivity index (χ2v) is 5.49. The number of halogens is 2. The highest BCUT2D eigenvalue weighted by Gasteiger charge is 2.28. The third kappa shape index (κ3) is 3.19. The summed E-state index contributed by atoms with van der Waals surface area (Å²) in [6.07, 6.45) is 0. The number of rotatable bonds is 2. The van der Waals surface area contributed by atoms with E-state index >= 15 is 0 Å². The zero-order valence-corrected chi connectivity index (χ0v) is 12.6. The third-order valence-corrected chi connectivity index (χ3v) is 3.99. The lowest BCUT2D eigenvalue weighted by Crippen LogP contribution is -2.53. The predicted molar refractivity (Wildman–Crippen MR) is 76.9 cm³/mol. The molecule has 0 N–H and O–H groups in total. The number of carbonyl (C=O) groups excluding carboxylic acids is 1. The molecule has 4 nitrogen and oxygen atoms in total. The Hall–Kier alpha value is -0.840. The van der Waals surface area contributed by atoms with Gasteiger partial charge in [0.25, 0.3) is 5.91 Å². The lowest BCUT2D eigenvalue weighted by molar-refractivity contribution is 0.0523. The van der Waals surface area contributed by atoms with Crippen LogP contribution in [-0.4, -0.2) is 52.9 Å². The van der Waals surface area contributed by atoms with Crippen LogP contribution in [0.25, 0.3) is 0 Å². The van der Waals surface area contributed by atoms with Crippen molar-refractivity contribution in [2.45, 2.75) is 19.9 Å². The molecule has 0 spiro atoms. The van der Waals surface area contributed by atoms with Gasteiger partial charge in [-0.25, -0.2) is 4.98 Å². The molecule has 0 radical (unpaired) electrons. The molecule has 0 bridgehead atoms. The molecule has 2 rings (SSSR count). The van der Waals surface area contributed by atoms with Crippen molar-refractivity contribution in [3.63, 3.8) is 0 Å². The van der Waals surface area contributed by atoms with Crippen molar-refractivity contribution in [2.24, 2.45) is 0 Å². The molecule has 19 heavy (non-hydrogen) atoms. The largest absolute Gasteiger partial charge is 0.334 e. The quantitative estimate of drug-likeness (QED) is 0.788. The van der Waals surface area contributed by atoms with Crippen LogP contribution in [0.3, 0.4) is 0 Å². The van der Waals surface area contributed by atoms with Crippen LogP contribution in [0.5, 0.6) is 0 Å². The van der Waals surface area contributed by atoms with E-state index in [1.807, 2.05) is 0 Å². The summed E-state index contributed by atoms with van der Waals surface area (Å²) in [4.78, 5) is 20.6. The Morgan fingerprint density at radius 2 is 2.16 bits per heavy atom. The van der Waals surface area contributed by atoms with E-state index in [1.54, 1.807) is 17.0 Å². The van der Waals surface area contributed by atoms with Crippen LogP contribution in [0.4, 0.5) is 0 Å². The number of likely N-dealkylation sites (N-methyl/N-ethyl adjacent to an activating group) is 1. The minimum absolute atomic E-state index is 0.143. The van der Waals surface area contributed by atoms with Crippen molar-refractivity contribution < 1.29 is 4.79 Å². The average molecular weight is 302 g/mol. The van der Waals surface area contributed by atoms with Crippen molar-refractivity contribution in [2.75, 3.05) is 26.2 Å². The Labute approximate surface area is 123 Å². The van der Waals surface area contributed by atoms with Gasteiger partial charge in [-0.2, -0.15) is 0 Å². The second kappa shape index (κ2) is 6.07. The highest BCUT2D eigenvalue weighted by Crippen LogP contribution is 2.20. The first-order chi connectivity index (χ1) is 9.02. The van der Waals surface area contributed by atoms with E-state index in [0.29, 0.717) is 24.2 Å². The maximum absolute atomic E-state index is 12.4. The molecule has 1 saturated heterocycles. The molecular formula is C13H17Cl2N3O. The van der Waals surface area contributed by atoms with Gasteiger partial charge in [0.2, 0.25) is 0 Å². The smallest absolute Gasteiger partial charge is 0.274 e. The van der Waals surface area contributed by atoms with Crippen LogP contribution in [0.15, 0.2) is 12.1 Å². The summed E-state index contributed by atoms with van der Waals surface area (Å²) in [6, 6.07) is 3.54. The first-order valence-corrected chi connectivity index (χ1v) is 7.14. The van der Waals surface area contributed by atoms with E-state index < -0.39 is 0 Å². The lowest BCUT2D eigenvalue weighted by Gasteiger charge is -2.39. The van der Waals surface area contributed by atoms with Gasteiger partial charge in [-0.1, -0.05) is 30.1 Å². The van der Waals surface area contributed by atoms with Crippen molar-refractivity contribution in [3.8, 4) is 0 Å². The van der Waals surface area contributed by atoms with E-state index in [1.165, 1.54) is 0 Å². The molecular weight excluding hydrogens is 285 g/mol. The zero-order chi connectivity index (χ0) is 14.0. The number of pyridine rings is 1. The number of hydrogen-bond acceptors (Lipinski definition) is 3. The number of nitrogens with zero attached hydrogens (tertiary/aromatic N) is 3. The first-order valence-electron chi connectivity index (χ1n) is 6.38. The maximum atomic E-state index is 12.4. The highest BCUT2D eigenvalue weighted by molar-refractivity contribution is 6.34. The van der Waals surface area contributed by atoms with Gasteiger partial charge in [-0.15, -0.1) is 0 Å². The first kappa shape index (κ1) is 14.6. The zero-order valence-electron chi connectivity index (χ0n) is 11.1. The molecule has 1 atom stereocenters. The van der Waals surface area contributed by atoms with Crippen LogP contribution in [-0.2, 0) is 0 Å². The predicted octanol–water partition coefficient (Wildman–Crippen LogP) is 2.55. The Morgan fingerprint density at radius 3 is 2.79 bits per heavy atom. The number of aromatic nitrogens is 1. The summed E-state index contributed by atoms with van der Waals surface area (Å²) in [5, 5.41) is 0.632. The summed E-state index contributed by atoms with van der Waals surface area (Å²) in [5.41, 5.74) is 0.242. The molecule has 1 aromatic rings. The topological polar surface area (TPSA) is 36.4 Å². The molecule has 1 amide bonds.